The topological polar surface area (TPSA) is 43.8 Å². The van der Waals surface area contributed by atoms with Crippen molar-refractivity contribution < 1.29 is 8.78 Å². The first-order valence-corrected chi connectivity index (χ1v) is 4.55. The Hall–Kier alpha value is -1.13. The van der Waals surface area contributed by atoms with Gasteiger partial charge in [0.1, 0.15) is 12.0 Å². The Balaban J connectivity index is 0.000000461. The Morgan fingerprint density at radius 3 is 2.71 bits per heavy atom. The van der Waals surface area contributed by atoms with Gasteiger partial charge in [-0.3, -0.25) is 9.07 Å². The molecular formula is C9H15F2N3. The third kappa shape index (κ3) is 1.71. The molecule has 1 aromatic heterocycles. The van der Waals surface area contributed by atoms with E-state index < -0.39 is 6.17 Å². The quantitative estimate of drug-likeness (QED) is 0.702. The van der Waals surface area contributed by atoms with Gasteiger partial charge in [-0.1, -0.05) is 0 Å². The number of rotatable bonds is 0. The number of fused-ring (bicyclic) bond motifs is 1. The van der Waals surface area contributed by atoms with Crippen molar-refractivity contribution in [2.45, 2.75) is 32.5 Å². The average Bonchev–Trinajstić information content (AvgIpc) is 2.47. The van der Waals surface area contributed by atoms with Crippen LogP contribution in [0.4, 0.5) is 14.6 Å². The van der Waals surface area contributed by atoms with E-state index in [1.165, 1.54) is 0 Å². The normalized spacial score (nSPS) is 19.6. The molecule has 5 heteroatoms. The molecule has 3 nitrogen and oxygen atoms in total. The van der Waals surface area contributed by atoms with Gasteiger partial charge in [-0.25, -0.2) is 4.39 Å². The fourth-order valence-electron chi connectivity index (χ4n) is 1.71. The predicted octanol–water partition coefficient (Wildman–Crippen LogP) is 2.16. The monoisotopic (exact) mass is 203 g/mol. The van der Waals surface area contributed by atoms with Crippen molar-refractivity contribution in [3.63, 3.8) is 0 Å². The summed E-state index contributed by atoms with van der Waals surface area (Å²) in [6.07, 6.45) is 0.587. The maximum Gasteiger partial charge on any atom is 0.148 e. The Morgan fingerprint density at radius 1 is 1.50 bits per heavy atom. The molecule has 0 fully saturated rings. The summed E-state index contributed by atoms with van der Waals surface area (Å²) in [7, 11) is 0.500. The van der Waals surface area contributed by atoms with Crippen molar-refractivity contribution >= 4 is 5.82 Å². The van der Waals surface area contributed by atoms with E-state index in [4.69, 9.17) is 5.73 Å². The standard InChI is InChI=1S/C8H12FN3.CH3F/c1-5-7-6(9)3-2-4-12(7)11-8(5)10;1-2/h6H,2-4H2,1H3,(H2,10,11);1H3. The fourth-order valence-corrected chi connectivity index (χ4v) is 1.71. The second-order valence-electron chi connectivity index (χ2n) is 3.23. The van der Waals surface area contributed by atoms with Crippen LogP contribution in [-0.4, -0.2) is 17.0 Å². The number of hydrogen-bond donors (Lipinski definition) is 1. The molecule has 1 aliphatic heterocycles. The Labute approximate surface area is 81.9 Å². The van der Waals surface area contributed by atoms with E-state index in [1.807, 2.05) is 6.92 Å². The van der Waals surface area contributed by atoms with Crippen LogP contribution in [0.3, 0.4) is 0 Å². The molecule has 1 atom stereocenters. The van der Waals surface area contributed by atoms with Crippen molar-refractivity contribution in [1.29, 1.82) is 0 Å². The summed E-state index contributed by atoms with van der Waals surface area (Å²) in [5.74, 6) is 0.467. The second kappa shape index (κ2) is 4.39. The predicted molar refractivity (Wildman–Crippen MR) is 51.5 cm³/mol. The number of anilines is 1. The Morgan fingerprint density at radius 2 is 2.14 bits per heavy atom. The highest BCUT2D eigenvalue weighted by Gasteiger charge is 2.24. The van der Waals surface area contributed by atoms with Crippen LogP contribution >= 0.6 is 0 Å². The van der Waals surface area contributed by atoms with Crippen molar-refractivity contribution in [3.8, 4) is 0 Å². The minimum absolute atomic E-state index is 0.467. The molecule has 0 radical (unpaired) electrons. The van der Waals surface area contributed by atoms with Crippen molar-refractivity contribution in [2.24, 2.45) is 0 Å². The van der Waals surface area contributed by atoms with Crippen LogP contribution in [0, 0.1) is 6.92 Å². The van der Waals surface area contributed by atoms with E-state index in [0.717, 1.165) is 18.5 Å². The van der Waals surface area contributed by atoms with Gasteiger partial charge in [0.05, 0.1) is 12.9 Å². The lowest BCUT2D eigenvalue weighted by atomic mass is 10.1. The Bertz CT molecular complexity index is 309. The van der Waals surface area contributed by atoms with Gasteiger partial charge in [0.25, 0.3) is 0 Å². The fraction of sp³-hybridized carbons (Fsp3) is 0.667. The zero-order valence-corrected chi connectivity index (χ0v) is 8.43. The van der Waals surface area contributed by atoms with Crippen LogP contribution in [0.5, 0.6) is 0 Å². The molecule has 0 spiro atoms. The van der Waals surface area contributed by atoms with E-state index in [2.05, 4.69) is 5.10 Å². The lowest BCUT2D eigenvalue weighted by Gasteiger charge is -2.17. The number of aryl methyl sites for hydroxylation is 1. The zero-order valence-electron chi connectivity index (χ0n) is 8.43. The van der Waals surface area contributed by atoms with Gasteiger partial charge in [0.2, 0.25) is 0 Å². The highest BCUT2D eigenvalue weighted by atomic mass is 19.1. The summed E-state index contributed by atoms with van der Waals surface area (Å²) >= 11 is 0. The third-order valence-corrected chi connectivity index (χ3v) is 2.40. The van der Waals surface area contributed by atoms with E-state index in [1.54, 1.807) is 4.68 Å². The van der Waals surface area contributed by atoms with Gasteiger partial charge in [-0.05, 0) is 19.8 Å². The molecule has 1 aromatic rings. The van der Waals surface area contributed by atoms with Gasteiger partial charge in [0.15, 0.2) is 0 Å². The minimum Gasteiger partial charge on any atom is -0.382 e. The first-order chi connectivity index (χ1) is 6.70. The van der Waals surface area contributed by atoms with E-state index in [9.17, 15) is 8.78 Å². The molecule has 0 amide bonds. The highest BCUT2D eigenvalue weighted by molar-refractivity contribution is 5.42. The molecule has 80 valence electrons. The highest BCUT2D eigenvalue weighted by Crippen LogP contribution is 2.32. The number of aromatic nitrogens is 2. The smallest absolute Gasteiger partial charge is 0.148 e. The molecular weight excluding hydrogens is 188 g/mol. The van der Waals surface area contributed by atoms with Gasteiger partial charge in [0, 0.05) is 12.1 Å². The van der Waals surface area contributed by atoms with E-state index in [-0.39, 0.29) is 0 Å². The van der Waals surface area contributed by atoms with Crippen LogP contribution in [0.2, 0.25) is 0 Å². The van der Waals surface area contributed by atoms with Gasteiger partial charge in [-0.15, -0.1) is 0 Å². The number of alkyl halides is 2. The lowest BCUT2D eigenvalue weighted by Crippen LogP contribution is -2.14. The van der Waals surface area contributed by atoms with Crippen molar-refractivity contribution in [1.82, 2.24) is 9.78 Å². The summed E-state index contributed by atoms with van der Waals surface area (Å²) < 4.78 is 24.5. The molecule has 0 saturated carbocycles. The molecule has 0 saturated heterocycles. The van der Waals surface area contributed by atoms with Gasteiger partial charge in [-0.2, -0.15) is 5.10 Å². The molecule has 0 bridgehead atoms. The molecule has 0 aromatic carbocycles. The number of halogens is 2. The molecule has 2 N–H and O–H groups in total. The van der Waals surface area contributed by atoms with Crippen LogP contribution in [0.1, 0.15) is 30.3 Å². The Kier molecular flexibility index (Phi) is 3.43. The third-order valence-electron chi connectivity index (χ3n) is 2.40. The van der Waals surface area contributed by atoms with E-state index in [0.29, 0.717) is 25.1 Å². The summed E-state index contributed by atoms with van der Waals surface area (Å²) in [4.78, 5) is 0. The minimum atomic E-state index is -0.872. The maximum absolute atomic E-state index is 13.3. The van der Waals surface area contributed by atoms with Gasteiger partial charge < -0.3 is 5.73 Å². The summed E-state index contributed by atoms with van der Waals surface area (Å²) in [6.45, 7) is 2.62. The van der Waals surface area contributed by atoms with Crippen molar-refractivity contribution in [3.05, 3.63) is 11.3 Å². The van der Waals surface area contributed by atoms with Crippen LogP contribution in [0.15, 0.2) is 0 Å². The molecule has 1 unspecified atom stereocenters. The number of nitrogens with zero attached hydrogens (tertiary/aromatic N) is 2. The zero-order chi connectivity index (χ0) is 10.7. The lowest BCUT2D eigenvalue weighted by molar-refractivity contribution is 0.258. The molecule has 2 heterocycles. The first-order valence-electron chi connectivity index (χ1n) is 4.55. The van der Waals surface area contributed by atoms with Crippen LogP contribution in [0.25, 0.3) is 0 Å². The SMILES string of the molecule is CF.Cc1c(N)nn2c1C(F)CCC2. The number of hydrogen-bond acceptors (Lipinski definition) is 2. The number of nitrogens with two attached hydrogens (primary N) is 1. The van der Waals surface area contributed by atoms with Gasteiger partial charge >= 0.3 is 0 Å². The largest absolute Gasteiger partial charge is 0.382 e. The van der Waals surface area contributed by atoms with Crippen LogP contribution < -0.4 is 5.73 Å². The summed E-state index contributed by atoms with van der Waals surface area (Å²) in [5, 5.41) is 4.06. The van der Waals surface area contributed by atoms with Crippen molar-refractivity contribution in [2.75, 3.05) is 12.9 Å². The summed E-state index contributed by atoms with van der Waals surface area (Å²) in [6, 6.07) is 0. The molecule has 1 aliphatic rings. The molecule has 0 aliphatic carbocycles. The second-order valence-corrected chi connectivity index (χ2v) is 3.23. The molecule has 14 heavy (non-hydrogen) atoms. The van der Waals surface area contributed by atoms with E-state index >= 15 is 0 Å². The maximum atomic E-state index is 13.3. The molecule has 2 rings (SSSR count). The first kappa shape index (κ1) is 10.9. The van der Waals surface area contributed by atoms with Crippen LogP contribution in [-0.2, 0) is 6.54 Å². The summed E-state index contributed by atoms with van der Waals surface area (Å²) in [5.41, 5.74) is 7.07. The average molecular weight is 203 g/mol. The number of nitrogen functional groups attached to an aromatic ring is 1.